The highest BCUT2D eigenvalue weighted by Gasteiger charge is 2.51. The fraction of sp³-hybridized carbons (Fsp3) is 0.391. The largest absolute Gasteiger partial charge is 0.482 e. The zero-order valence-electron chi connectivity index (χ0n) is 18.2. The predicted molar refractivity (Wildman–Crippen MR) is 121 cm³/mol. The Morgan fingerprint density at radius 1 is 1.09 bits per heavy atom. The second-order valence-electron chi connectivity index (χ2n) is 7.73. The van der Waals surface area contributed by atoms with E-state index in [0.29, 0.717) is 24.4 Å². The topological polar surface area (TPSA) is 102 Å². The van der Waals surface area contributed by atoms with Crippen molar-refractivity contribution in [1.29, 1.82) is 0 Å². The van der Waals surface area contributed by atoms with E-state index in [2.05, 4.69) is 5.32 Å². The maximum atomic E-state index is 13.3. The Balaban J connectivity index is 1.67. The summed E-state index contributed by atoms with van der Waals surface area (Å²) in [5.41, 5.74) is 1.31. The minimum atomic E-state index is -3.87. The van der Waals surface area contributed by atoms with Gasteiger partial charge < -0.3 is 14.8 Å². The molecule has 0 radical (unpaired) electrons. The van der Waals surface area contributed by atoms with Crippen LogP contribution in [0.25, 0.3) is 0 Å². The van der Waals surface area contributed by atoms with Crippen LogP contribution in [0.3, 0.4) is 0 Å². The quantitative estimate of drug-likeness (QED) is 0.608. The first-order valence-corrected chi connectivity index (χ1v) is 11.9. The van der Waals surface area contributed by atoms with Crippen LogP contribution in [0.5, 0.6) is 5.75 Å². The SMILES string of the molecule is CCOC(=O)COc1ccc(NC(=O)[C@]2(C)CCCN(Cc3ccccc3)S2(=O)=O)cc1. The van der Waals surface area contributed by atoms with Gasteiger partial charge in [-0.1, -0.05) is 30.3 Å². The molecule has 0 aromatic heterocycles. The highest BCUT2D eigenvalue weighted by molar-refractivity contribution is 7.91. The summed E-state index contributed by atoms with van der Waals surface area (Å²) in [6.07, 6.45) is 0.837. The van der Waals surface area contributed by atoms with E-state index in [1.165, 1.54) is 11.2 Å². The molecule has 0 unspecified atom stereocenters. The number of sulfonamides is 1. The molecule has 0 spiro atoms. The van der Waals surface area contributed by atoms with Crippen LogP contribution >= 0.6 is 0 Å². The first-order valence-electron chi connectivity index (χ1n) is 10.5. The van der Waals surface area contributed by atoms with Crippen molar-refractivity contribution in [2.24, 2.45) is 0 Å². The summed E-state index contributed by atoms with van der Waals surface area (Å²) in [6, 6.07) is 15.7. The number of hydrogen-bond acceptors (Lipinski definition) is 6. The molecule has 172 valence electrons. The summed E-state index contributed by atoms with van der Waals surface area (Å²) in [7, 11) is -3.87. The lowest BCUT2D eigenvalue weighted by atomic mass is 10.0. The highest BCUT2D eigenvalue weighted by atomic mass is 32.2. The fourth-order valence-electron chi connectivity index (χ4n) is 3.55. The molecule has 2 aromatic rings. The number of amides is 1. The van der Waals surface area contributed by atoms with Crippen LogP contribution in [0.4, 0.5) is 5.69 Å². The number of esters is 1. The average Bonchev–Trinajstić information content (AvgIpc) is 2.77. The van der Waals surface area contributed by atoms with E-state index >= 15 is 0 Å². The number of anilines is 1. The number of benzene rings is 2. The standard InChI is InChI=1S/C23H28N2O6S/c1-3-30-21(26)17-31-20-12-10-19(11-13-20)24-22(27)23(2)14-7-15-25(32(23,28)29)16-18-8-5-4-6-9-18/h4-6,8-13H,3,7,14-17H2,1-2H3,(H,24,27)/t23-/m0/s1. The van der Waals surface area contributed by atoms with E-state index in [4.69, 9.17) is 9.47 Å². The maximum absolute atomic E-state index is 13.3. The smallest absolute Gasteiger partial charge is 0.344 e. The fourth-order valence-corrected chi connectivity index (χ4v) is 5.50. The zero-order valence-corrected chi connectivity index (χ0v) is 19.1. The molecule has 32 heavy (non-hydrogen) atoms. The van der Waals surface area contributed by atoms with Crippen molar-refractivity contribution < 1.29 is 27.5 Å². The van der Waals surface area contributed by atoms with E-state index in [0.717, 1.165) is 5.56 Å². The van der Waals surface area contributed by atoms with Crippen molar-refractivity contribution in [3.8, 4) is 5.75 Å². The number of hydrogen-bond donors (Lipinski definition) is 1. The molecular formula is C23H28N2O6S. The predicted octanol–water partition coefficient (Wildman–Crippen LogP) is 2.95. The summed E-state index contributed by atoms with van der Waals surface area (Å²) in [6.45, 7) is 3.87. The molecule has 1 N–H and O–H groups in total. The third-order valence-electron chi connectivity index (χ3n) is 5.43. The number of carbonyl (C=O) groups excluding carboxylic acids is 2. The zero-order chi connectivity index (χ0) is 23.2. The number of nitrogens with one attached hydrogen (secondary N) is 1. The number of ether oxygens (including phenoxy) is 2. The number of nitrogens with zero attached hydrogens (tertiary/aromatic N) is 1. The van der Waals surface area contributed by atoms with E-state index in [1.54, 1.807) is 31.2 Å². The van der Waals surface area contributed by atoms with Gasteiger partial charge in [0.15, 0.2) is 11.4 Å². The molecule has 1 saturated heterocycles. The van der Waals surface area contributed by atoms with E-state index in [-0.39, 0.29) is 26.2 Å². The van der Waals surface area contributed by atoms with Crippen LogP contribution in [0.15, 0.2) is 54.6 Å². The van der Waals surface area contributed by atoms with Gasteiger partial charge in [-0.05, 0) is 56.5 Å². The van der Waals surface area contributed by atoms with Crippen LogP contribution in [-0.4, -0.2) is 49.1 Å². The normalized spacial score (nSPS) is 20.3. The van der Waals surface area contributed by atoms with Gasteiger partial charge in [0.25, 0.3) is 0 Å². The van der Waals surface area contributed by atoms with Crippen LogP contribution in [0.1, 0.15) is 32.3 Å². The van der Waals surface area contributed by atoms with Crippen molar-refractivity contribution in [3.05, 3.63) is 60.2 Å². The molecule has 1 heterocycles. The van der Waals surface area contributed by atoms with Crippen molar-refractivity contribution >= 4 is 27.6 Å². The van der Waals surface area contributed by atoms with E-state index in [9.17, 15) is 18.0 Å². The van der Waals surface area contributed by atoms with Gasteiger partial charge in [0, 0.05) is 18.8 Å². The van der Waals surface area contributed by atoms with Gasteiger partial charge in [-0.15, -0.1) is 0 Å². The Morgan fingerprint density at radius 2 is 1.78 bits per heavy atom. The minimum Gasteiger partial charge on any atom is -0.482 e. The average molecular weight is 461 g/mol. The van der Waals surface area contributed by atoms with E-state index < -0.39 is 26.6 Å². The van der Waals surface area contributed by atoms with E-state index in [1.807, 2.05) is 30.3 Å². The summed E-state index contributed by atoms with van der Waals surface area (Å²) in [5.74, 6) is -0.614. The van der Waals surface area contributed by atoms with Gasteiger partial charge in [0.1, 0.15) is 5.75 Å². The summed E-state index contributed by atoms with van der Waals surface area (Å²) < 4.78 is 36.6. The minimum absolute atomic E-state index is 0.215. The molecule has 1 atom stereocenters. The van der Waals surface area contributed by atoms with Gasteiger partial charge in [0.05, 0.1) is 6.61 Å². The van der Waals surface area contributed by atoms with Crippen molar-refractivity contribution in [3.63, 3.8) is 0 Å². The number of carbonyl (C=O) groups is 2. The van der Waals surface area contributed by atoms with Gasteiger partial charge in [0.2, 0.25) is 15.9 Å². The van der Waals surface area contributed by atoms with Gasteiger partial charge in [-0.25, -0.2) is 13.2 Å². The maximum Gasteiger partial charge on any atom is 0.344 e. The first kappa shape index (κ1) is 23.7. The van der Waals surface area contributed by atoms with Gasteiger partial charge in [-0.3, -0.25) is 4.79 Å². The van der Waals surface area contributed by atoms with Gasteiger partial charge >= 0.3 is 5.97 Å². The van der Waals surface area contributed by atoms with Crippen molar-refractivity contribution in [1.82, 2.24) is 4.31 Å². The molecule has 0 aliphatic carbocycles. The first-order chi connectivity index (χ1) is 15.3. The molecule has 9 heteroatoms. The van der Waals surface area contributed by atoms with Gasteiger partial charge in [-0.2, -0.15) is 4.31 Å². The van der Waals surface area contributed by atoms with Crippen LogP contribution in [0.2, 0.25) is 0 Å². The Morgan fingerprint density at radius 3 is 2.44 bits per heavy atom. The lowest BCUT2D eigenvalue weighted by Gasteiger charge is -2.38. The Hall–Kier alpha value is -2.91. The summed E-state index contributed by atoms with van der Waals surface area (Å²) in [4.78, 5) is 24.4. The lowest BCUT2D eigenvalue weighted by Crippen LogP contribution is -2.56. The molecule has 0 bridgehead atoms. The third kappa shape index (κ3) is 5.28. The molecule has 0 saturated carbocycles. The van der Waals surface area contributed by atoms with Crippen LogP contribution < -0.4 is 10.1 Å². The molecular weight excluding hydrogens is 432 g/mol. The lowest BCUT2D eigenvalue weighted by molar-refractivity contribution is -0.145. The Labute approximate surface area is 188 Å². The number of rotatable bonds is 8. The molecule has 8 nitrogen and oxygen atoms in total. The highest BCUT2D eigenvalue weighted by Crippen LogP contribution is 2.34. The monoisotopic (exact) mass is 460 g/mol. The van der Waals surface area contributed by atoms with Crippen molar-refractivity contribution in [2.75, 3.05) is 25.1 Å². The van der Waals surface area contributed by atoms with Crippen LogP contribution in [-0.2, 0) is 30.9 Å². The summed E-state index contributed by atoms with van der Waals surface area (Å²) >= 11 is 0. The second kappa shape index (κ2) is 10.1. The molecule has 1 aliphatic heterocycles. The molecule has 1 amide bonds. The Kier molecular flexibility index (Phi) is 7.52. The summed E-state index contributed by atoms with van der Waals surface area (Å²) in [5, 5.41) is 2.71. The third-order valence-corrected chi connectivity index (χ3v) is 7.95. The second-order valence-corrected chi connectivity index (χ2v) is 10.1. The molecule has 1 aliphatic rings. The molecule has 2 aromatic carbocycles. The molecule has 1 fully saturated rings. The van der Waals surface area contributed by atoms with Crippen LogP contribution in [0, 0.1) is 0 Å². The van der Waals surface area contributed by atoms with Crippen molar-refractivity contribution in [2.45, 2.75) is 38.0 Å². The molecule has 3 rings (SSSR count). The Bertz CT molecular complexity index is 1040.